The molecule has 6 nitrogen and oxygen atoms in total. The normalized spacial score (nSPS) is 11.3. The first-order chi connectivity index (χ1) is 11.9. The lowest BCUT2D eigenvalue weighted by atomic mass is 9.98. The smallest absolute Gasteiger partial charge is 0.208 e. The SMILES string of the molecule is COc1cc(CNCCNS(C)(=O)=O)c(-c2ccccc2)cc1OC. The molecule has 2 rings (SSSR count). The van der Waals surface area contributed by atoms with Gasteiger partial charge in [0.2, 0.25) is 10.0 Å². The lowest BCUT2D eigenvalue weighted by Crippen LogP contribution is -2.30. The van der Waals surface area contributed by atoms with Crippen LogP contribution in [0.1, 0.15) is 5.56 Å². The molecule has 0 atom stereocenters. The standard InChI is InChI=1S/C18H24N2O4S/c1-23-17-11-15(13-19-9-10-20-25(3,21)22)16(12-18(17)24-2)14-7-5-4-6-8-14/h4-8,11-12,19-20H,9-10,13H2,1-3H3. The van der Waals surface area contributed by atoms with Gasteiger partial charge in [0.05, 0.1) is 20.5 Å². The van der Waals surface area contributed by atoms with Gasteiger partial charge in [-0.25, -0.2) is 13.1 Å². The van der Waals surface area contributed by atoms with Crippen LogP contribution in [0.5, 0.6) is 11.5 Å². The Balaban J connectivity index is 2.19. The number of hydrogen-bond donors (Lipinski definition) is 2. The Labute approximate surface area is 149 Å². The summed E-state index contributed by atoms with van der Waals surface area (Å²) in [5, 5.41) is 3.25. The molecule has 0 bridgehead atoms. The van der Waals surface area contributed by atoms with Gasteiger partial charge < -0.3 is 14.8 Å². The van der Waals surface area contributed by atoms with E-state index in [1.54, 1.807) is 14.2 Å². The van der Waals surface area contributed by atoms with Crippen molar-refractivity contribution >= 4 is 10.0 Å². The molecule has 0 aliphatic heterocycles. The molecule has 136 valence electrons. The Morgan fingerprint density at radius 3 is 2.20 bits per heavy atom. The van der Waals surface area contributed by atoms with Gasteiger partial charge in [-0.15, -0.1) is 0 Å². The molecule has 0 aromatic heterocycles. The molecule has 2 N–H and O–H groups in total. The summed E-state index contributed by atoms with van der Waals surface area (Å²) in [7, 11) is 0.0504. The maximum atomic E-state index is 11.1. The summed E-state index contributed by atoms with van der Waals surface area (Å²) in [6, 6.07) is 13.9. The lowest BCUT2D eigenvalue weighted by molar-refractivity contribution is 0.354. The van der Waals surface area contributed by atoms with Crippen molar-refractivity contribution in [2.75, 3.05) is 33.6 Å². The summed E-state index contributed by atoms with van der Waals surface area (Å²) in [5.74, 6) is 1.33. The molecule has 7 heteroatoms. The van der Waals surface area contributed by atoms with E-state index in [1.807, 2.05) is 42.5 Å². The van der Waals surface area contributed by atoms with E-state index in [9.17, 15) is 8.42 Å². The van der Waals surface area contributed by atoms with Crippen molar-refractivity contribution in [2.45, 2.75) is 6.54 Å². The van der Waals surface area contributed by atoms with Gasteiger partial charge in [-0.3, -0.25) is 0 Å². The van der Waals surface area contributed by atoms with Crippen LogP contribution in [0.25, 0.3) is 11.1 Å². The van der Waals surface area contributed by atoms with E-state index in [-0.39, 0.29) is 0 Å². The maximum Gasteiger partial charge on any atom is 0.208 e. The molecule has 2 aromatic carbocycles. The van der Waals surface area contributed by atoms with E-state index in [2.05, 4.69) is 10.0 Å². The van der Waals surface area contributed by atoms with E-state index in [0.29, 0.717) is 31.1 Å². The molecule has 0 spiro atoms. The predicted octanol–water partition coefficient (Wildman–Crippen LogP) is 2.01. The van der Waals surface area contributed by atoms with Crippen molar-refractivity contribution in [1.29, 1.82) is 0 Å². The Hall–Kier alpha value is -2.09. The molecule has 2 aromatic rings. The minimum Gasteiger partial charge on any atom is -0.493 e. The van der Waals surface area contributed by atoms with Crippen molar-refractivity contribution < 1.29 is 17.9 Å². The fourth-order valence-corrected chi connectivity index (χ4v) is 2.97. The highest BCUT2D eigenvalue weighted by Gasteiger charge is 2.12. The highest BCUT2D eigenvalue weighted by molar-refractivity contribution is 7.88. The lowest BCUT2D eigenvalue weighted by Gasteiger charge is -2.16. The van der Waals surface area contributed by atoms with Crippen molar-refractivity contribution in [3.63, 3.8) is 0 Å². The highest BCUT2D eigenvalue weighted by Crippen LogP contribution is 2.35. The third-order valence-electron chi connectivity index (χ3n) is 3.68. The van der Waals surface area contributed by atoms with E-state index >= 15 is 0 Å². The third-order valence-corrected chi connectivity index (χ3v) is 4.40. The molecule has 0 unspecified atom stereocenters. The summed E-state index contributed by atoms with van der Waals surface area (Å²) in [6.45, 7) is 1.44. The molecular weight excluding hydrogens is 340 g/mol. The van der Waals surface area contributed by atoms with Crippen LogP contribution in [0.15, 0.2) is 42.5 Å². The van der Waals surface area contributed by atoms with Gasteiger partial charge in [-0.05, 0) is 28.8 Å². The van der Waals surface area contributed by atoms with Gasteiger partial charge in [0.25, 0.3) is 0 Å². The Bertz CT molecular complexity index is 792. The van der Waals surface area contributed by atoms with E-state index in [1.165, 1.54) is 0 Å². The zero-order valence-corrected chi connectivity index (χ0v) is 15.5. The van der Waals surface area contributed by atoms with Crippen molar-refractivity contribution in [3.8, 4) is 22.6 Å². The molecule has 0 aliphatic rings. The number of sulfonamides is 1. The zero-order chi connectivity index (χ0) is 18.3. The van der Waals surface area contributed by atoms with Crippen LogP contribution < -0.4 is 19.5 Å². The fraction of sp³-hybridized carbons (Fsp3) is 0.333. The van der Waals surface area contributed by atoms with Crippen LogP contribution >= 0.6 is 0 Å². The van der Waals surface area contributed by atoms with Gasteiger partial charge in [-0.2, -0.15) is 0 Å². The number of hydrogen-bond acceptors (Lipinski definition) is 5. The maximum absolute atomic E-state index is 11.1. The minimum absolute atomic E-state index is 0.340. The average molecular weight is 364 g/mol. The summed E-state index contributed by atoms with van der Waals surface area (Å²) in [6.07, 6.45) is 1.15. The average Bonchev–Trinajstić information content (AvgIpc) is 2.60. The van der Waals surface area contributed by atoms with Crippen LogP contribution in [0.2, 0.25) is 0 Å². The predicted molar refractivity (Wildman–Crippen MR) is 99.5 cm³/mol. The zero-order valence-electron chi connectivity index (χ0n) is 14.7. The van der Waals surface area contributed by atoms with Gasteiger partial charge >= 0.3 is 0 Å². The van der Waals surface area contributed by atoms with Gasteiger partial charge in [0.15, 0.2) is 11.5 Å². The fourth-order valence-electron chi connectivity index (χ4n) is 2.50. The number of nitrogens with one attached hydrogen (secondary N) is 2. The first-order valence-electron chi connectivity index (χ1n) is 7.90. The summed E-state index contributed by atoms with van der Waals surface area (Å²) in [5.41, 5.74) is 3.17. The van der Waals surface area contributed by atoms with Crippen LogP contribution in [-0.2, 0) is 16.6 Å². The molecule has 0 heterocycles. The second kappa shape index (κ2) is 8.84. The number of methoxy groups -OCH3 is 2. The number of benzene rings is 2. The van der Waals surface area contributed by atoms with Crippen LogP contribution in [0.3, 0.4) is 0 Å². The summed E-state index contributed by atoms with van der Waals surface area (Å²) >= 11 is 0. The van der Waals surface area contributed by atoms with Crippen molar-refractivity contribution in [1.82, 2.24) is 10.0 Å². The molecule has 0 radical (unpaired) electrons. The summed E-state index contributed by atoms with van der Waals surface area (Å²) < 4.78 is 35.4. The van der Waals surface area contributed by atoms with Gasteiger partial charge in [-0.1, -0.05) is 30.3 Å². The molecule has 25 heavy (non-hydrogen) atoms. The van der Waals surface area contributed by atoms with Crippen molar-refractivity contribution in [2.24, 2.45) is 0 Å². The number of ether oxygens (including phenoxy) is 2. The third kappa shape index (κ3) is 5.74. The summed E-state index contributed by atoms with van der Waals surface area (Å²) in [4.78, 5) is 0. The molecule has 0 saturated heterocycles. The highest BCUT2D eigenvalue weighted by atomic mass is 32.2. The first kappa shape index (κ1) is 19.2. The molecule has 0 aliphatic carbocycles. The number of rotatable bonds is 9. The van der Waals surface area contributed by atoms with Crippen LogP contribution in [-0.4, -0.2) is 42.0 Å². The van der Waals surface area contributed by atoms with Gasteiger partial charge in [0.1, 0.15) is 0 Å². The van der Waals surface area contributed by atoms with E-state index < -0.39 is 10.0 Å². The molecular formula is C18H24N2O4S. The van der Waals surface area contributed by atoms with Gasteiger partial charge in [0, 0.05) is 19.6 Å². The Kier molecular flexibility index (Phi) is 6.81. The largest absolute Gasteiger partial charge is 0.493 e. The van der Waals surface area contributed by atoms with Crippen LogP contribution in [0.4, 0.5) is 0 Å². The second-order valence-electron chi connectivity index (χ2n) is 5.57. The topological polar surface area (TPSA) is 76.7 Å². The van der Waals surface area contributed by atoms with E-state index in [4.69, 9.17) is 9.47 Å². The quantitative estimate of drug-likeness (QED) is 0.666. The molecule has 0 saturated carbocycles. The molecule has 0 fully saturated rings. The second-order valence-corrected chi connectivity index (χ2v) is 7.41. The minimum atomic E-state index is -3.17. The van der Waals surface area contributed by atoms with Crippen molar-refractivity contribution in [3.05, 3.63) is 48.0 Å². The Morgan fingerprint density at radius 1 is 0.960 bits per heavy atom. The molecule has 0 amide bonds. The Morgan fingerprint density at radius 2 is 1.60 bits per heavy atom. The van der Waals surface area contributed by atoms with E-state index in [0.717, 1.165) is 22.9 Å². The first-order valence-corrected chi connectivity index (χ1v) is 9.79. The van der Waals surface area contributed by atoms with Crippen LogP contribution in [0, 0.1) is 0 Å². The monoisotopic (exact) mass is 364 g/mol.